The van der Waals surface area contributed by atoms with E-state index in [0.29, 0.717) is 29.7 Å². The van der Waals surface area contributed by atoms with E-state index in [1.165, 1.54) is 18.2 Å². The molecule has 5 heteroatoms. The molecule has 0 fully saturated rings. The maximum Gasteiger partial charge on any atom is 0.189 e. The Hall–Kier alpha value is -2.50. The van der Waals surface area contributed by atoms with Crippen LogP contribution in [-0.2, 0) is 6.54 Å². The summed E-state index contributed by atoms with van der Waals surface area (Å²) in [5.41, 5.74) is 1.90. The van der Waals surface area contributed by atoms with Crippen molar-refractivity contribution >= 4 is 10.9 Å². The summed E-state index contributed by atoms with van der Waals surface area (Å²) >= 11 is 0. The third-order valence-corrected chi connectivity index (χ3v) is 3.69. The average Bonchev–Trinajstić information content (AvgIpc) is 2.56. The van der Waals surface area contributed by atoms with Crippen LogP contribution >= 0.6 is 0 Å². The van der Waals surface area contributed by atoms with Crippen LogP contribution in [0, 0.1) is 5.82 Å². The van der Waals surface area contributed by atoms with E-state index in [1.54, 1.807) is 6.07 Å². The first-order chi connectivity index (χ1) is 11.1. The first-order valence-corrected chi connectivity index (χ1v) is 7.38. The second-order valence-electron chi connectivity index (χ2n) is 5.41. The monoisotopic (exact) mass is 312 g/mol. The summed E-state index contributed by atoms with van der Waals surface area (Å²) in [6.07, 6.45) is -0.613. The fourth-order valence-electron chi connectivity index (χ4n) is 2.51. The SMILES string of the molecule is O=c1cc(CNC[C@@H](O)c2ccccc2)[nH]c2ccc(F)cc12. The maximum atomic E-state index is 13.2. The zero-order chi connectivity index (χ0) is 16.2. The number of hydrogen-bond acceptors (Lipinski definition) is 3. The molecule has 23 heavy (non-hydrogen) atoms. The van der Waals surface area contributed by atoms with Crippen LogP contribution in [0.4, 0.5) is 4.39 Å². The van der Waals surface area contributed by atoms with Crippen molar-refractivity contribution in [1.29, 1.82) is 0 Å². The van der Waals surface area contributed by atoms with E-state index in [4.69, 9.17) is 0 Å². The number of hydrogen-bond donors (Lipinski definition) is 3. The molecule has 0 radical (unpaired) electrons. The van der Waals surface area contributed by atoms with E-state index in [2.05, 4.69) is 10.3 Å². The first kappa shape index (κ1) is 15.4. The second kappa shape index (κ2) is 6.73. The molecule has 0 saturated carbocycles. The Labute approximate surface area is 132 Å². The molecular formula is C18H17FN2O2. The molecule has 0 aliphatic rings. The molecule has 0 unspecified atom stereocenters. The topological polar surface area (TPSA) is 65.1 Å². The molecule has 0 aliphatic heterocycles. The van der Waals surface area contributed by atoms with Crippen LogP contribution in [0.15, 0.2) is 59.4 Å². The molecule has 0 amide bonds. The summed E-state index contributed by atoms with van der Waals surface area (Å²) in [6.45, 7) is 0.778. The number of aliphatic hydroxyl groups excluding tert-OH is 1. The number of fused-ring (bicyclic) bond motifs is 1. The molecule has 1 atom stereocenters. The van der Waals surface area contributed by atoms with E-state index in [9.17, 15) is 14.3 Å². The molecule has 1 heterocycles. The summed E-state index contributed by atoms with van der Waals surface area (Å²) in [6, 6.07) is 14.9. The van der Waals surface area contributed by atoms with Crippen LogP contribution in [0.25, 0.3) is 10.9 Å². The average molecular weight is 312 g/mol. The van der Waals surface area contributed by atoms with Crippen LogP contribution in [0.2, 0.25) is 0 Å². The van der Waals surface area contributed by atoms with Crippen molar-refractivity contribution in [3.63, 3.8) is 0 Å². The molecule has 0 spiro atoms. The Morgan fingerprint density at radius 3 is 2.70 bits per heavy atom. The Kier molecular flexibility index (Phi) is 4.50. The summed E-state index contributed by atoms with van der Waals surface area (Å²) in [7, 11) is 0. The predicted molar refractivity (Wildman–Crippen MR) is 87.6 cm³/mol. The second-order valence-corrected chi connectivity index (χ2v) is 5.41. The lowest BCUT2D eigenvalue weighted by Crippen LogP contribution is -2.22. The molecule has 3 N–H and O–H groups in total. The van der Waals surface area contributed by atoms with Crippen molar-refractivity contribution < 1.29 is 9.50 Å². The molecule has 118 valence electrons. The number of halogens is 1. The van der Waals surface area contributed by atoms with Crippen LogP contribution in [-0.4, -0.2) is 16.6 Å². The van der Waals surface area contributed by atoms with Gasteiger partial charge >= 0.3 is 0 Å². The number of H-pyrrole nitrogens is 1. The molecular weight excluding hydrogens is 295 g/mol. The van der Waals surface area contributed by atoms with E-state index in [-0.39, 0.29) is 5.43 Å². The highest BCUT2D eigenvalue weighted by Crippen LogP contribution is 2.12. The summed E-state index contributed by atoms with van der Waals surface area (Å²) in [4.78, 5) is 15.1. The number of aliphatic hydroxyl groups is 1. The molecule has 0 saturated heterocycles. The highest BCUT2D eigenvalue weighted by molar-refractivity contribution is 5.78. The van der Waals surface area contributed by atoms with Crippen molar-refractivity contribution in [3.8, 4) is 0 Å². The third kappa shape index (κ3) is 3.64. The van der Waals surface area contributed by atoms with Crippen molar-refractivity contribution in [3.05, 3.63) is 81.9 Å². The van der Waals surface area contributed by atoms with Crippen LogP contribution in [0.3, 0.4) is 0 Å². The van der Waals surface area contributed by atoms with Gasteiger partial charge in [-0.05, 0) is 23.8 Å². The van der Waals surface area contributed by atoms with Crippen LogP contribution in [0.5, 0.6) is 0 Å². The highest BCUT2D eigenvalue weighted by atomic mass is 19.1. The number of aromatic amines is 1. The highest BCUT2D eigenvalue weighted by Gasteiger charge is 2.07. The number of aromatic nitrogens is 1. The first-order valence-electron chi connectivity index (χ1n) is 7.38. The summed E-state index contributed by atoms with van der Waals surface area (Å²) < 4.78 is 13.2. The van der Waals surface area contributed by atoms with Crippen LogP contribution in [0.1, 0.15) is 17.4 Å². The zero-order valence-corrected chi connectivity index (χ0v) is 12.4. The Morgan fingerprint density at radius 1 is 1.13 bits per heavy atom. The lowest BCUT2D eigenvalue weighted by atomic mass is 10.1. The van der Waals surface area contributed by atoms with Crippen molar-refractivity contribution in [1.82, 2.24) is 10.3 Å². The van der Waals surface area contributed by atoms with Gasteiger partial charge in [-0.15, -0.1) is 0 Å². The van der Waals surface area contributed by atoms with E-state index < -0.39 is 11.9 Å². The smallest absolute Gasteiger partial charge is 0.189 e. The van der Waals surface area contributed by atoms with E-state index >= 15 is 0 Å². The van der Waals surface area contributed by atoms with Crippen LogP contribution < -0.4 is 10.7 Å². The maximum absolute atomic E-state index is 13.2. The minimum Gasteiger partial charge on any atom is -0.387 e. The van der Waals surface area contributed by atoms with Crippen molar-refractivity contribution in [2.24, 2.45) is 0 Å². The number of pyridine rings is 1. The normalized spacial score (nSPS) is 12.4. The molecule has 4 nitrogen and oxygen atoms in total. The van der Waals surface area contributed by atoms with Gasteiger partial charge in [0.25, 0.3) is 0 Å². The lowest BCUT2D eigenvalue weighted by Gasteiger charge is -2.12. The summed E-state index contributed by atoms with van der Waals surface area (Å²) in [5, 5.41) is 13.5. The number of rotatable bonds is 5. The molecule has 3 aromatic rings. The van der Waals surface area contributed by atoms with Gasteiger partial charge in [-0.2, -0.15) is 0 Å². The standard InChI is InChI=1S/C18H17FN2O2/c19-13-6-7-16-15(8-13)17(22)9-14(21-16)10-20-11-18(23)12-4-2-1-3-5-12/h1-9,18,20,23H,10-11H2,(H,21,22)/t18-/m1/s1. The lowest BCUT2D eigenvalue weighted by molar-refractivity contribution is 0.174. The third-order valence-electron chi connectivity index (χ3n) is 3.69. The number of benzene rings is 2. The van der Waals surface area contributed by atoms with Gasteiger partial charge < -0.3 is 15.4 Å². The molecule has 0 bridgehead atoms. The predicted octanol–water partition coefficient (Wildman–Crippen LogP) is 2.49. The quantitative estimate of drug-likeness (QED) is 0.678. The molecule has 1 aromatic heterocycles. The van der Waals surface area contributed by atoms with Gasteiger partial charge in [0.05, 0.1) is 6.10 Å². The van der Waals surface area contributed by atoms with Gasteiger partial charge in [0.15, 0.2) is 5.43 Å². The zero-order valence-electron chi connectivity index (χ0n) is 12.4. The van der Waals surface area contributed by atoms with E-state index in [0.717, 1.165) is 5.56 Å². The van der Waals surface area contributed by atoms with E-state index in [1.807, 2.05) is 30.3 Å². The summed E-state index contributed by atoms with van der Waals surface area (Å²) in [5.74, 6) is -0.431. The molecule has 2 aromatic carbocycles. The van der Waals surface area contributed by atoms with Gasteiger partial charge in [-0.25, -0.2) is 4.39 Å². The Morgan fingerprint density at radius 2 is 1.91 bits per heavy atom. The van der Waals surface area contributed by atoms with Crippen molar-refractivity contribution in [2.75, 3.05) is 6.54 Å². The Balaban J connectivity index is 1.68. The number of nitrogens with one attached hydrogen (secondary N) is 2. The minimum absolute atomic E-state index is 0.223. The largest absolute Gasteiger partial charge is 0.387 e. The molecule has 3 rings (SSSR count). The van der Waals surface area contributed by atoms with Gasteiger partial charge in [0.1, 0.15) is 5.82 Å². The Bertz CT molecular complexity index is 862. The van der Waals surface area contributed by atoms with Gasteiger partial charge in [-0.3, -0.25) is 4.79 Å². The minimum atomic E-state index is -0.613. The van der Waals surface area contributed by atoms with Gasteiger partial charge in [0, 0.05) is 35.8 Å². The van der Waals surface area contributed by atoms with Gasteiger partial charge in [0.2, 0.25) is 0 Å². The van der Waals surface area contributed by atoms with Gasteiger partial charge in [-0.1, -0.05) is 30.3 Å². The molecule has 0 aliphatic carbocycles. The van der Waals surface area contributed by atoms with Crippen molar-refractivity contribution in [2.45, 2.75) is 12.6 Å². The fourth-order valence-corrected chi connectivity index (χ4v) is 2.51. The fraction of sp³-hybridized carbons (Fsp3) is 0.167.